The number of para-hydroxylation sites is 1. The van der Waals surface area contributed by atoms with Crippen molar-refractivity contribution >= 4 is 0 Å². The van der Waals surface area contributed by atoms with Gasteiger partial charge in [0.15, 0.2) is 0 Å². The van der Waals surface area contributed by atoms with Crippen LogP contribution in [0.3, 0.4) is 0 Å². The van der Waals surface area contributed by atoms with Gasteiger partial charge >= 0.3 is 0 Å². The van der Waals surface area contributed by atoms with Gasteiger partial charge in [0.25, 0.3) is 0 Å². The summed E-state index contributed by atoms with van der Waals surface area (Å²) in [7, 11) is 1.72. The largest absolute Gasteiger partial charge is 0.508 e. The summed E-state index contributed by atoms with van der Waals surface area (Å²) in [6.45, 7) is 4.43. The molecule has 3 nitrogen and oxygen atoms in total. The third-order valence-electron chi connectivity index (χ3n) is 4.09. The average Bonchev–Trinajstić information content (AvgIpc) is 2.54. The zero-order chi connectivity index (χ0) is 16.7. The molecule has 0 spiro atoms. The molecule has 2 atom stereocenters. The normalized spacial score (nSPS) is 13.5. The van der Waals surface area contributed by atoms with E-state index in [2.05, 4.69) is 31.3 Å². The van der Waals surface area contributed by atoms with Crippen LogP contribution in [0.2, 0.25) is 0 Å². The second kappa shape index (κ2) is 8.59. The maximum atomic E-state index is 9.31. The monoisotopic (exact) mass is 313 g/mol. The number of methoxy groups -OCH3 is 1. The van der Waals surface area contributed by atoms with E-state index in [0.717, 1.165) is 25.0 Å². The minimum Gasteiger partial charge on any atom is -0.508 e. The van der Waals surface area contributed by atoms with Crippen molar-refractivity contribution in [3.63, 3.8) is 0 Å². The van der Waals surface area contributed by atoms with Gasteiger partial charge in [-0.05, 0) is 62.4 Å². The average molecular weight is 313 g/mol. The van der Waals surface area contributed by atoms with Crippen molar-refractivity contribution in [3.05, 3.63) is 59.7 Å². The number of phenols is 1. The van der Waals surface area contributed by atoms with E-state index in [1.165, 1.54) is 11.1 Å². The highest BCUT2D eigenvalue weighted by Crippen LogP contribution is 2.19. The third-order valence-corrected chi connectivity index (χ3v) is 4.09. The summed E-state index contributed by atoms with van der Waals surface area (Å²) in [4.78, 5) is 0. The fraction of sp³-hybridized carbons (Fsp3) is 0.400. The van der Waals surface area contributed by atoms with Crippen LogP contribution in [-0.4, -0.2) is 24.3 Å². The number of nitrogens with one attached hydrogen (secondary N) is 1. The van der Waals surface area contributed by atoms with Crippen LogP contribution in [0.4, 0.5) is 0 Å². The minimum atomic E-state index is 0.324. The van der Waals surface area contributed by atoms with Crippen LogP contribution in [-0.2, 0) is 12.8 Å². The number of rotatable bonds is 8. The van der Waals surface area contributed by atoms with E-state index < -0.39 is 0 Å². The quantitative estimate of drug-likeness (QED) is 0.775. The van der Waals surface area contributed by atoms with E-state index in [1.54, 1.807) is 19.2 Å². The summed E-state index contributed by atoms with van der Waals surface area (Å²) in [6, 6.07) is 16.5. The molecule has 0 bridgehead atoms. The number of benzene rings is 2. The van der Waals surface area contributed by atoms with Gasteiger partial charge in [-0.1, -0.05) is 30.3 Å². The molecule has 0 radical (unpaired) electrons. The maximum absolute atomic E-state index is 9.31. The van der Waals surface area contributed by atoms with Gasteiger partial charge in [0.2, 0.25) is 0 Å². The van der Waals surface area contributed by atoms with Crippen LogP contribution in [0, 0.1) is 0 Å². The van der Waals surface area contributed by atoms with Crippen molar-refractivity contribution in [2.45, 2.75) is 45.2 Å². The van der Waals surface area contributed by atoms with Gasteiger partial charge in [0.1, 0.15) is 11.5 Å². The van der Waals surface area contributed by atoms with Crippen LogP contribution in [0.1, 0.15) is 31.4 Å². The molecule has 3 heteroatoms. The standard InChI is InChI=1S/C20H27NO2/c1-15(8-9-17-10-12-19(22)13-11-17)21-16(2)14-18-6-4-5-7-20(18)23-3/h4-7,10-13,15-16,21-22H,8-9,14H2,1-3H3. The first-order chi connectivity index (χ1) is 11.1. The van der Waals surface area contributed by atoms with E-state index in [0.29, 0.717) is 17.8 Å². The summed E-state index contributed by atoms with van der Waals surface area (Å²) < 4.78 is 5.42. The molecule has 2 rings (SSSR count). The first-order valence-corrected chi connectivity index (χ1v) is 8.24. The molecule has 0 heterocycles. The predicted molar refractivity (Wildman–Crippen MR) is 95.2 cm³/mol. The van der Waals surface area contributed by atoms with Gasteiger partial charge in [0, 0.05) is 12.1 Å². The molecule has 0 aliphatic rings. The predicted octanol–water partition coefficient (Wildman–Crippen LogP) is 3.94. The van der Waals surface area contributed by atoms with E-state index in [9.17, 15) is 5.11 Å². The smallest absolute Gasteiger partial charge is 0.122 e. The molecule has 0 saturated carbocycles. The summed E-state index contributed by atoms with van der Waals surface area (Å²) in [5, 5.41) is 13.0. The number of phenolic OH excluding ortho intramolecular Hbond substituents is 1. The van der Waals surface area contributed by atoms with Crippen molar-refractivity contribution in [2.75, 3.05) is 7.11 Å². The fourth-order valence-electron chi connectivity index (χ4n) is 2.88. The zero-order valence-corrected chi connectivity index (χ0v) is 14.3. The van der Waals surface area contributed by atoms with Crippen LogP contribution >= 0.6 is 0 Å². The summed E-state index contributed by atoms with van der Waals surface area (Å²) >= 11 is 0. The molecule has 0 aliphatic carbocycles. The molecule has 0 fully saturated rings. The Hall–Kier alpha value is -2.00. The van der Waals surface area contributed by atoms with E-state index in [-0.39, 0.29) is 0 Å². The lowest BCUT2D eigenvalue weighted by Gasteiger charge is -2.21. The van der Waals surface area contributed by atoms with E-state index in [4.69, 9.17) is 4.74 Å². The molecular weight excluding hydrogens is 286 g/mol. The Kier molecular flexibility index (Phi) is 6.48. The number of hydrogen-bond acceptors (Lipinski definition) is 3. The Bertz CT molecular complexity index is 595. The molecular formula is C20H27NO2. The molecule has 0 amide bonds. The Morgan fingerprint density at radius 2 is 1.70 bits per heavy atom. The molecule has 0 aromatic heterocycles. The Morgan fingerprint density at radius 3 is 2.39 bits per heavy atom. The van der Waals surface area contributed by atoms with Crippen LogP contribution in [0.25, 0.3) is 0 Å². The molecule has 2 N–H and O–H groups in total. The highest BCUT2D eigenvalue weighted by atomic mass is 16.5. The van der Waals surface area contributed by atoms with Gasteiger partial charge < -0.3 is 15.2 Å². The summed E-state index contributed by atoms with van der Waals surface area (Å²) in [5.74, 6) is 1.28. The highest BCUT2D eigenvalue weighted by Gasteiger charge is 2.11. The first kappa shape index (κ1) is 17.4. The summed E-state index contributed by atoms with van der Waals surface area (Å²) in [6.07, 6.45) is 3.03. The van der Waals surface area contributed by atoms with Crippen LogP contribution < -0.4 is 10.1 Å². The number of aromatic hydroxyl groups is 1. The molecule has 0 aliphatic heterocycles. The fourth-order valence-corrected chi connectivity index (χ4v) is 2.88. The highest BCUT2D eigenvalue weighted by molar-refractivity contribution is 5.33. The van der Waals surface area contributed by atoms with Crippen LogP contribution in [0.5, 0.6) is 11.5 Å². The second-order valence-corrected chi connectivity index (χ2v) is 6.19. The zero-order valence-electron chi connectivity index (χ0n) is 14.3. The van der Waals surface area contributed by atoms with Crippen molar-refractivity contribution in [1.82, 2.24) is 5.32 Å². The Morgan fingerprint density at radius 1 is 1.00 bits per heavy atom. The first-order valence-electron chi connectivity index (χ1n) is 8.24. The maximum Gasteiger partial charge on any atom is 0.122 e. The van der Waals surface area contributed by atoms with Crippen molar-refractivity contribution in [3.8, 4) is 11.5 Å². The van der Waals surface area contributed by atoms with E-state index >= 15 is 0 Å². The molecule has 2 unspecified atom stereocenters. The third kappa shape index (κ3) is 5.61. The lowest BCUT2D eigenvalue weighted by Crippen LogP contribution is -2.36. The number of aryl methyl sites for hydroxylation is 1. The number of ether oxygens (including phenoxy) is 1. The lowest BCUT2D eigenvalue weighted by molar-refractivity contribution is 0.400. The van der Waals surface area contributed by atoms with Crippen molar-refractivity contribution < 1.29 is 9.84 Å². The SMILES string of the molecule is COc1ccccc1CC(C)NC(C)CCc1ccc(O)cc1. The van der Waals surface area contributed by atoms with Gasteiger partial charge in [-0.2, -0.15) is 0 Å². The van der Waals surface area contributed by atoms with Gasteiger partial charge in [-0.3, -0.25) is 0 Å². The van der Waals surface area contributed by atoms with Crippen LogP contribution in [0.15, 0.2) is 48.5 Å². The topological polar surface area (TPSA) is 41.5 Å². The van der Waals surface area contributed by atoms with Gasteiger partial charge in [-0.15, -0.1) is 0 Å². The molecule has 23 heavy (non-hydrogen) atoms. The van der Waals surface area contributed by atoms with Crippen molar-refractivity contribution in [2.24, 2.45) is 0 Å². The Labute approximate surface area is 139 Å². The molecule has 124 valence electrons. The minimum absolute atomic E-state index is 0.324. The Balaban J connectivity index is 1.80. The number of hydrogen-bond donors (Lipinski definition) is 2. The van der Waals surface area contributed by atoms with Gasteiger partial charge in [0.05, 0.1) is 7.11 Å². The molecule has 0 saturated heterocycles. The molecule has 2 aromatic carbocycles. The van der Waals surface area contributed by atoms with Gasteiger partial charge in [-0.25, -0.2) is 0 Å². The summed E-state index contributed by atoms with van der Waals surface area (Å²) in [5.41, 5.74) is 2.49. The van der Waals surface area contributed by atoms with E-state index in [1.807, 2.05) is 24.3 Å². The second-order valence-electron chi connectivity index (χ2n) is 6.19. The van der Waals surface area contributed by atoms with Crippen molar-refractivity contribution in [1.29, 1.82) is 0 Å². The lowest BCUT2D eigenvalue weighted by atomic mass is 10.0. The molecule has 2 aromatic rings.